The molecule has 2 aliphatic heterocycles. The van der Waals surface area contributed by atoms with Crippen LogP contribution in [0, 0.1) is 5.92 Å². The smallest absolute Gasteiger partial charge is 0.358 e. The van der Waals surface area contributed by atoms with E-state index in [1.54, 1.807) is 20.8 Å². The van der Waals surface area contributed by atoms with Gasteiger partial charge in [0.2, 0.25) is 23.6 Å². The van der Waals surface area contributed by atoms with Crippen molar-refractivity contribution in [2.45, 2.75) is 213 Å². The van der Waals surface area contributed by atoms with Crippen LogP contribution in [0.4, 0.5) is 0 Å². The standard InChI is InChI=1S/C55H95N5O16/c1-54(2,3)74-50(66)24-22-20-18-16-14-12-10-8-7-9-11-13-15-17-19-21-23-47(63)59-33-29-43(30-34-59)52(68)58-44(53(69)75-55(4,5)6)25-26-45(61)56-31-35-70-37-39-72-41-46(62)57-32-36-71-38-40-73-42-51(67)76-60-48(64)27-28-49(60)65/h43-44H,7-42H2,1-6H3,(H,56,61)(H,57,62)(H,58,68)/t44-/m0/s1. The molecule has 0 saturated carbocycles. The van der Waals surface area contributed by atoms with Gasteiger partial charge in [-0.15, -0.1) is 5.06 Å². The van der Waals surface area contributed by atoms with Crippen molar-refractivity contribution >= 4 is 53.4 Å². The van der Waals surface area contributed by atoms with E-state index in [9.17, 15) is 43.2 Å². The molecule has 2 heterocycles. The number of esters is 2. The van der Waals surface area contributed by atoms with Gasteiger partial charge in [-0.2, -0.15) is 0 Å². The molecule has 0 aromatic heterocycles. The van der Waals surface area contributed by atoms with Crippen molar-refractivity contribution < 1.29 is 76.4 Å². The Morgan fingerprint density at radius 2 is 0.974 bits per heavy atom. The summed E-state index contributed by atoms with van der Waals surface area (Å²) in [5.74, 6) is -3.97. The number of hydrogen-bond donors (Lipinski definition) is 3. The summed E-state index contributed by atoms with van der Waals surface area (Å²) >= 11 is 0. The second kappa shape index (κ2) is 39.6. The molecular weight excluding hydrogens is 987 g/mol. The first-order valence-electron chi connectivity index (χ1n) is 28.2. The predicted octanol–water partition coefficient (Wildman–Crippen LogP) is 6.10. The quantitative estimate of drug-likeness (QED) is 0.0354. The highest BCUT2D eigenvalue weighted by Gasteiger charge is 2.34. The van der Waals surface area contributed by atoms with Gasteiger partial charge >= 0.3 is 17.9 Å². The van der Waals surface area contributed by atoms with Crippen LogP contribution in [0.3, 0.4) is 0 Å². The zero-order chi connectivity index (χ0) is 56.0. The maximum atomic E-state index is 13.4. The molecule has 0 radical (unpaired) electrons. The number of hydrogen-bond acceptors (Lipinski definition) is 16. The lowest BCUT2D eigenvalue weighted by Crippen LogP contribution is -2.49. The van der Waals surface area contributed by atoms with Crippen LogP contribution < -0.4 is 16.0 Å². The maximum Gasteiger partial charge on any atom is 0.358 e. The fourth-order valence-corrected chi connectivity index (χ4v) is 8.36. The van der Waals surface area contributed by atoms with Gasteiger partial charge in [-0.1, -0.05) is 89.9 Å². The van der Waals surface area contributed by atoms with E-state index in [0.717, 1.165) is 32.1 Å². The molecule has 3 N–H and O–H groups in total. The van der Waals surface area contributed by atoms with E-state index in [0.29, 0.717) is 43.8 Å². The molecule has 0 spiro atoms. The molecule has 436 valence electrons. The molecule has 0 aromatic rings. The minimum absolute atomic E-state index is 0.000258. The largest absolute Gasteiger partial charge is 0.460 e. The third kappa shape index (κ3) is 34.8. The predicted molar refractivity (Wildman–Crippen MR) is 282 cm³/mol. The van der Waals surface area contributed by atoms with Crippen LogP contribution in [0.15, 0.2) is 0 Å². The number of rotatable bonds is 42. The van der Waals surface area contributed by atoms with E-state index in [4.69, 9.17) is 28.4 Å². The van der Waals surface area contributed by atoms with E-state index in [2.05, 4.69) is 20.8 Å². The lowest BCUT2D eigenvalue weighted by molar-refractivity contribution is -0.200. The van der Waals surface area contributed by atoms with Crippen LogP contribution in [0.2, 0.25) is 0 Å². The Morgan fingerprint density at radius 1 is 0.526 bits per heavy atom. The summed E-state index contributed by atoms with van der Waals surface area (Å²) in [6, 6.07) is -1.02. The third-order valence-electron chi connectivity index (χ3n) is 12.4. The lowest BCUT2D eigenvalue weighted by atomic mass is 9.94. The second-order valence-corrected chi connectivity index (χ2v) is 21.6. The second-order valence-electron chi connectivity index (χ2n) is 21.6. The molecule has 2 saturated heterocycles. The van der Waals surface area contributed by atoms with Gasteiger partial charge < -0.3 is 54.1 Å². The van der Waals surface area contributed by atoms with Gasteiger partial charge in [0.1, 0.15) is 30.5 Å². The average Bonchev–Trinajstić information content (AvgIpc) is 3.67. The van der Waals surface area contributed by atoms with Gasteiger partial charge in [0, 0.05) is 64.2 Å². The van der Waals surface area contributed by atoms with Crippen LogP contribution in [-0.4, -0.2) is 160 Å². The highest BCUT2D eigenvalue weighted by Crippen LogP contribution is 2.21. The molecule has 6 amide bonds. The Balaban J connectivity index is 1.47. The highest BCUT2D eigenvalue weighted by atomic mass is 16.7. The molecule has 21 nitrogen and oxygen atoms in total. The van der Waals surface area contributed by atoms with E-state index >= 15 is 0 Å². The van der Waals surface area contributed by atoms with Crippen LogP contribution in [-0.2, 0) is 76.4 Å². The SMILES string of the molecule is CC(C)(C)OC(=O)CCCCCCCCCCCCCCCCCCC(=O)N1CCC(C(=O)N[C@@H](CCC(=O)NCCOCCOCC(=O)NCCOCCOCC(=O)ON2C(=O)CCC2=O)C(=O)OC(C)(C)C)CC1. The molecule has 0 aliphatic carbocycles. The Hall–Kier alpha value is -4.73. The summed E-state index contributed by atoms with van der Waals surface area (Å²) in [4.78, 5) is 117. The van der Waals surface area contributed by atoms with Crippen LogP contribution in [0.5, 0.6) is 0 Å². The first kappa shape index (κ1) is 67.4. The van der Waals surface area contributed by atoms with Crippen molar-refractivity contribution in [2.24, 2.45) is 5.92 Å². The van der Waals surface area contributed by atoms with E-state index in [1.165, 1.54) is 70.6 Å². The number of ether oxygens (including phenoxy) is 6. The van der Waals surface area contributed by atoms with Crippen molar-refractivity contribution in [2.75, 3.05) is 79.0 Å². The lowest BCUT2D eigenvalue weighted by Gasteiger charge is -2.32. The summed E-state index contributed by atoms with van der Waals surface area (Å²) in [6.45, 7) is 12.5. The van der Waals surface area contributed by atoms with Crippen molar-refractivity contribution in [3.8, 4) is 0 Å². The molecule has 2 aliphatic rings. The molecule has 0 aromatic carbocycles. The molecule has 2 rings (SSSR count). The highest BCUT2D eigenvalue weighted by molar-refractivity contribution is 6.01. The Bertz CT molecular complexity index is 1730. The van der Waals surface area contributed by atoms with Gasteiger partial charge in [-0.05, 0) is 73.6 Å². The van der Waals surface area contributed by atoms with Gasteiger partial charge in [0.15, 0.2) is 0 Å². The topological polar surface area (TPSA) is 261 Å². The fraction of sp³-hybridized carbons (Fsp3) is 0.836. The van der Waals surface area contributed by atoms with Gasteiger partial charge in [0.05, 0.1) is 39.6 Å². The van der Waals surface area contributed by atoms with Crippen molar-refractivity contribution in [3.05, 3.63) is 0 Å². The Kier molecular flexibility index (Phi) is 35.1. The van der Waals surface area contributed by atoms with Crippen LogP contribution >= 0.6 is 0 Å². The molecule has 1 atom stereocenters. The molecule has 0 bridgehead atoms. The normalized spacial score (nSPS) is 14.6. The van der Waals surface area contributed by atoms with Crippen molar-refractivity contribution in [1.29, 1.82) is 0 Å². The molecule has 0 unspecified atom stereocenters. The average molecular weight is 1080 g/mol. The summed E-state index contributed by atoms with van der Waals surface area (Å²) in [6.07, 6.45) is 20.9. The number of carbonyl (C=O) groups excluding carboxylic acids is 9. The van der Waals surface area contributed by atoms with Gasteiger partial charge in [0.25, 0.3) is 11.8 Å². The Morgan fingerprint density at radius 3 is 1.47 bits per heavy atom. The van der Waals surface area contributed by atoms with Crippen LogP contribution in [0.25, 0.3) is 0 Å². The number of nitrogens with zero attached hydrogens (tertiary/aromatic N) is 2. The molecule has 76 heavy (non-hydrogen) atoms. The van der Waals surface area contributed by atoms with Crippen LogP contribution in [0.1, 0.15) is 196 Å². The number of hydroxylamine groups is 2. The van der Waals surface area contributed by atoms with Gasteiger partial charge in [-0.25, -0.2) is 9.59 Å². The number of imide groups is 1. The number of amides is 6. The minimum atomic E-state index is -1.02. The maximum absolute atomic E-state index is 13.4. The third-order valence-corrected chi connectivity index (χ3v) is 12.4. The molecule has 2 fully saturated rings. The number of unbranched alkanes of at least 4 members (excludes halogenated alkanes) is 15. The number of carbonyl (C=O) groups is 9. The summed E-state index contributed by atoms with van der Waals surface area (Å²) < 4.78 is 32.1. The number of likely N-dealkylation sites (tertiary alicyclic amines) is 1. The van der Waals surface area contributed by atoms with E-state index in [1.807, 2.05) is 25.7 Å². The molecular formula is C55H95N5O16. The monoisotopic (exact) mass is 1080 g/mol. The number of piperidine rings is 1. The van der Waals surface area contributed by atoms with Crippen molar-refractivity contribution in [3.63, 3.8) is 0 Å². The summed E-state index contributed by atoms with van der Waals surface area (Å²) in [5.41, 5.74) is -1.20. The summed E-state index contributed by atoms with van der Waals surface area (Å²) in [5, 5.41) is 8.64. The van der Waals surface area contributed by atoms with E-state index in [-0.39, 0.29) is 121 Å². The van der Waals surface area contributed by atoms with Crippen molar-refractivity contribution in [1.82, 2.24) is 25.9 Å². The summed E-state index contributed by atoms with van der Waals surface area (Å²) in [7, 11) is 0. The molecule has 21 heteroatoms. The first-order valence-corrected chi connectivity index (χ1v) is 28.2. The Labute approximate surface area is 452 Å². The minimum Gasteiger partial charge on any atom is -0.460 e. The van der Waals surface area contributed by atoms with E-state index < -0.39 is 47.6 Å². The number of nitrogens with one attached hydrogen (secondary N) is 3. The van der Waals surface area contributed by atoms with Gasteiger partial charge in [-0.3, -0.25) is 33.6 Å². The first-order chi connectivity index (χ1) is 36.2. The zero-order valence-corrected chi connectivity index (χ0v) is 47.0. The zero-order valence-electron chi connectivity index (χ0n) is 47.0. The fourth-order valence-electron chi connectivity index (χ4n) is 8.36.